The molecule has 46 heavy (non-hydrogen) atoms. The number of carboxylic acid groups (broad SMARTS) is 1. The molecule has 0 aromatic heterocycles. The average Bonchev–Trinajstić information content (AvgIpc) is 2.99. The van der Waals surface area contributed by atoms with Crippen molar-refractivity contribution < 1.29 is 39.0 Å². The van der Waals surface area contributed by atoms with Gasteiger partial charge in [0.05, 0.1) is 12.6 Å². The van der Waals surface area contributed by atoms with E-state index in [1.807, 2.05) is 44.2 Å². The van der Waals surface area contributed by atoms with Crippen LogP contribution in [0.4, 0.5) is 0 Å². The highest BCUT2D eigenvalue weighted by atomic mass is 16.4. The first-order valence-electron chi connectivity index (χ1n) is 15.0. The number of carbonyl (C=O) groups is 6. The van der Waals surface area contributed by atoms with Crippen LogP contribution in [0, 0.1) is 5.92 Å². The Kier molecular flexibility index (Phi) is 15.2. The minimum Gasteiger partial charge on any atom is -0.508 e. The molecule has 1 saturated heterocycles. The Morgan fingerprint density at radius 2 is 1.52 bits per heavy atom. The fourth-order valence-electron chi connectivity index (χ4n) is 4.56. The molecule has 4 atom stereocenters. The summed E-state index contributed by atoms with van der Waals surface area (Å²) in [6, 6.07) is 11.4. The number of rotatable bonds is 8. The summed E-state index contributed by atoms with van der Waals surface area (Å²) in [6.45, 7) is 4.52. The molecule has 14 nitrogen and oxygen atoms in total. The number of carboxylic acids is 1. The zero-order valence-corrected chi connectivity index (χ0v) is 26.2. The Morgan fingerprint density at radius 1 is 0.891 bits per heavy atom. The number of phenols is 1. The van der Waals surface area contributed by atoms with Gasteiger partial charge >= 0.3 is 0 Å². The molecule has 0 unspecified atom stereocenters. The van der Waals surface area contributed by atoms with Crippen molar-refractivity contribution in [2.75, 3.05) is 13.1 Å². The van der Waals surface area contributed by atoms with Crippen molar-refractivity contribution >= 4 is 35.5 Å². The minimum atomic E-state index is -1.09. The maximum atomic E-state index is 13.3. The number of hydrogen-bond donors (Lipinski definition) is 8. The molecule has 0 radical (unpaired) electrons. The first-order chi connectivity index (χ1) is 21.7. The van der Waals surface area contributed by atoms with Crippen molar-refractivity contribution in [1.29, 1.82) is 0 Å². The molecule has 250 valence electrons. The van der Waals surface area contributed by atoms with Gasteiger partial charge in [-0.2, -0.15) is 0 Å². The Balaban J connectivity index is 0.00000173. The molecule has 1 aliphatic heterocycles. The second kappa shape index (κ2) is 18.7. The third-order valence-electron chi connectivity index (χ3n) is 6.79. The van der Waals surface area contributed by atoms with Crippen LogP contribution in [0.1, 0.15) is 44.7 Å². The van der Waals surface area contributed by atoms with E-state index in [1.165, 1.54) is 12.1 Å². The Labute approximate surface area is 267 Å². The fourth-order valence-corrected chi connectivity index (χ4v) is 4.56. The van der Waals surface area contributed by atoms with E-state index in [9.17, 15) is 29.1 Å². The molecule has 0 spiro atoms. The van der Waals surface area contributed by atoms with Crippen LogP contribution in [0.3, 0.4) is 0 Å². The van der Waals surface area contributed by atoms with Gasteiger partial charge in [-0.15, -0.1) is 0 Å². The lowest BCUT2D eigenvalue weighted by molar-refractivity contribution is -0.134. The van der Waals surface area contributed by atoms with Gasteiger partial charge in [0.2, 0.25) is 29.5 Å². The molecule has 0 aliphatic carbocycles. The summed E-state index contributed by atoms with van der Waals surface area (Å²) < 4.78 is 0. The lowest BCUT2D eigenvalue weighted by Gasteiger charge is -2.26. The van der Waals surface area contributed by atoms with Gasteiger partial charge in [0.25, 0.3) is 5.97 Å². The molecule has 1 fully saturated rings. The predicted octanol–water partition coefficient (Wildman–Crippen LogP) is -0.268. The number of phenolic OH excluding ortho intramolecular Hbond substituents is 1. The molecular weight excluding hydrogens is 596 g/mol. The van der Waals surface area contributed by atoms with E-state index < -0.39 is 66.2 Å². The molecule has 2 aromatic rings. The summed E-state index contributed by atoms with van der Waals surface area (Å²) in [5.74, 6) is -3.44. The van der Waals surface area contributed by atoms with Crippen LogP contribution in [0.25, 0.3) is 0 Å². The second-order valence-electron chi connectivity index (χ2n) is 11.4. The molecule has 0 saturated carbocycles. The topological polar surface area (TPSA) is 229 Å². The highest BCUT2D eigenvalue weighted by Gasteiger charge is 2.30. The monoisotopic (exact) mass is 640 g/mol. The van der Waals surface area contributed by atoms with Gasteiger partial charge in [0.1, 0.15) is 23.9 Å². The molecule has 14 heteroatoms. The van der Waals surface area contributed by atoms with Crippen molar-refractivity contribution in [3.63, 3.8) is 0 Å². The van der Waals surface area contributed by atoms with E-state index in [2.05, 4.69) is 26.6 Å². The molecule has 1 aliphatic rings. The predicted molar refractivity (Wildman–Crippen MR) is 169 cm³/mol. The van der Waals surface area contributed by atoms with Crippen LogP contribution in [-0.4, -0.2) is 83.0 Å². The summed E-state index contributed by atoms with van der Waals surface area (Å²) in [7, 11) is 0. The van der Waals surface area contributed by atoms with E-state index in [-0.39, 0.29) is 37.5 Å². The van der Waals surface area contributed by atoms with Crippen molar-refractivity contribution in [2.24, 2.45) is 11.7 Å². The Morgan fingerprint density at radius 3 is 2.13 bits per heavy atom. The smallest absolute Gasteiger partial charge is 0.300 e. The summed E-state index contributed by atoms with van der Waals surface area (Å²) in [5.41, 5.74) is 7.60. The molecule has 1 heterocycles. The minimum absolute atomic E-state index is 0.0223. The first-order valence-corrected chi connectivity index (χ1v) is 15.0. The van der Waals surface area contributed by atoms with Gasteiger partial charge in [0, 0.05) is 19.9 Å². The number of amides is 5. The highest BCUT2D eigenvalue weighted by molar-refractivity contribution is 5.95. The van der Waals surface area contributed by atoms with E-state index in [0.717, 1.165) is 18.1 Å². The molecule has 0 bridgehead atoms. The third-order valence-corrected chi connectivity index (χ3v) is 6.79. The Hall–Kier alpha value is -4.98. The van der Waals surface area contributed by atoms with E-state index in [0.29, 0.717) is 6.42 Å². The van der Waals surface area contributed by atoms with Crippen molar-refractivity contribution in [3.05, 3.63) is 65.7 Å². The molecule has 2 aromatic carbocycles. The standard InChI is InChI=1S/C30H40N6O6.C2H4O2/c1-18(2)14-24-29(41)32-13-12-23(35-27(39)22(31)15-20-8-10-21(37)11-9-20)28(40)33-17-26(38)34-25(30(42)36-24)16-19-6-4-3-5-7-19;1-2(3)4/h3-11,18,22-25,37H,12-17,31H2,1-2H3,(H,32,41)(H,33,40)(H,34,38)(H,35,39)(H,36,42);1H3,(H,3,4)/t22-,23+,24-,25+;/m0./s1. The highest BCUT2D eigenvalue weighted by Crippen LogP contribution is 2.12. The summed E-state index contributed by atoms with van der Waals surface area (Å²) >= 11 is 0. The number of benzene rings is 2. The van der Waals surface area contributed by atoms with E-state index >= 15 is 0 Å². The van der Waals surface area contributed by atoms with Gasteiger partial charge in [-0.25, -0.2) is 0 Å². The maximum absolute atomic E-state index is 13.3. The van der Waals surface area contributed by atoms with Crippen LogP contribution in [0.5, 0.6) is 5.75 Å². The number of hydrogen-bond acceptors (Lipinski definition) is 8. The van der Waals surface area contributed by atoms with Gasteiger partial charge in [-0.3, -0.25) is 28.8 Å². The number of nitrogens with one attached hydrogen (secondary N) is 5. The summed E-state index contributed by atoms with van der Waals surface area (Å²) in [4.78, 5) is 74.1. The van der Waals surface area contributed by atoms with Crippen LogP contribution >= 0.6 is 0 Å². The van der Waals surface area contributed by atoms with Gasteiger partial charge in [-0.05, 0) is 48.4 Å². The quantitative estimate of drug-likeness (QED) is 0.190. The van der Waals surface area contributed by atoms with E-state index in [4.69, 9.17) is 15.6 Å². The van der Waals surface area contributed by atoms with Crippen LogP contribution in [0.2, 0.25) is 0 Å². The SMILES string of the molecule is CC(=O)O.CC(C)C[C@@H]1NC(=O)[C@@H](Cc2ccccc2)NC(=O)CNC(=O)[C@H](NC(=O)[C@@H](N)Cc2ccc(O)cc2)CCNC1=O. The third kappa shape index (κ3) is 13.8. The first kappa shape index (κ1) is 37.2. The average molecular weight is 641 g/mol. The van der Waals surface area contributed by atoms with Crippen LogP contribution in [-0.2, 0) is 41.6 Å². The Bertz CT molecular complexity index is 1330. The molecule has 5 amide bonds. The number of carbonyl (C=O) groups excluding carboxylic acids is 5. The largest absolute Gasteiger partial charge is 0.508 e. The normalized spacial score (nSPS) is 20.0. The van der Waals surface area contributed by atoms with Gasteiger partial charge < -0.3 is 42.5 Å². The van der Waals surface area contributed by atoms with Crippen molar-refractivity contribution in [3.8, 4) is 5.75 Å². The lowest BCUT2D eigenvalue weighted by Crippen LogP contribution is -2.58. The molecule has 9 N–H and O–H groups in total. The molecular formula is C32H44N6O8. The zero-order valence-electron chi connectivity index (χ0n) is 26.2. The fraction of sp³-hybridized carbons (Fsp3) is 0.438. The maximum Gasteiger partial charge on any atom is 0.300 e. The zero-order chi connectivity index (χ0) is 34.2. The van der Waals surface area contributed by atoms with Crippen molar-refractivity contribution in [2.45, 2.75) is 70.6 Å². The van der Waals surface area contributed by atoms with Gasteiger partial charge in [0.15, 0.2) is 0 Å². The lowest BCUT2D eigenvalue weighted by atomic mass is 10.0. The second-order valence-corrected chi connectivity index (χ2v) is 11.4. The molecule has 3 rings (SSSR count). The summed E-state index contributed by atoms with van der Waals surface area (Å²) in [6.07, 6.45) is 0.727. The number of aliphatic carboxylic acids is 1. The number of aromatic hydroxyl groups is 1. The van der Waals surface area contributed by atoms with Crippen LogP contribution < -0.4 is 32.3 Å². The van der Waals surface area contributed by atoms with Crippen molar-refractivity contribution in [1.82, 2.24) is 26.6 Å². The van der Waals surface area contributed by atoms with E-state index in [1.54, 1.807) is 12.1 Å². The number of nitrogens with two attached hydrogens (primary N) is 1. The van der Waals surface area contributed by atoms with Crippen LogP contribution in [0.15, 0.2) is 54.6 Å². The summed E-state index contributed by atoms with van der Waals surface area (Å²) in [5, 5.41) is 30.2. The van der Waals surface area contributed by atoms with Gasteiger partial charge in [-0.1, -0.05) is 56.3 Å².